The van der Waals surface area contributed by atoms with Gasteiger partial charge in [-0.3, -0.25) is 0 Å². The van der Waals surface area contributed by atoms with Crippen LogP contribution in [0.3, 0.4) is 0 Å². The molecule has 0 aliphatic carbocycles. The molecule has 1 aromatic carbocycles. The SMILES string of the molecule is CC(C)Nc1ncnc(Nc2ccc(Cl)cc2)c1N. The molecular weight excluding hydrogens is 262 g/mol. The fraction of sp³-hybridized carbons (Fsp3) is 0.231. The molecule has 2 rings (SSSR count). The summed E-state index contributed by atoms with van der Waals surface area (Å²) in [4.78, 5) is 8.27. The van der Waals surface area contributed by atoms with Gasteiger partial charge in [0.05, 0.1) is 0 Å². The second kappa shape index (κ2) is 5.75. The molecular formula is C13H16ClN5. The molecule has 100 valence electrons. The van der Waals surface area contributed by atoms with Crippen molar-refractivity contribution in [2.45, 2.75) is 19.9 Å². The van der Waals surface area contributed by atoms with E-state index in [1.54, 1.807) is 12.1 Å². The summed E-state index contributed by atoms with van der Waals surface area (Å²) in [5.74, 6) is 1.20. The van der Waals surface area contributed by atoms with Gasteiger partial charge in [-0.25, -0.2) is 9.97 Å². The highest BCUT2D eigenvalue weighted by Crippen LogP contribution is 2.26. The predicted molar refractivity (Wildman–Crippen MR) is 79.9 cm³/mol. The maximum Gasteiger partial charge on any atom is 0.159 e. The van der Waals surface area contributed by atoms with Crippen molar-refractivity contribution in [3.05, 3.63) is 35.6 Å². The topological polar surface area (TPSA) is 75.9 Å². The van der Waals surface area contributed by atoms with E-state index in [9.17, 15) is 0 Å². The van der Waals surface area contributed by atoms with E-state index >= 15 is 0 Å². The van der Waals surface area contributed by atoms with Gasteiger partial charge in [-0.05, 0) is 38.1 Å². The number of benzene rings is 1. The molecule has 0 aliphatic heterocycles. The van der Waals surface area contributed by atoms with Crippen LogP contribution in [0.15, 0.2) is 30.6 Å². The van der Waals surface area contributed by atoms with Crippen molar-refractivity contribution in [3.63, 3.8) is 0 Å². The van der Waals surface area contributed by atoms with Crippen molar-refractivity contribution in [1.82, 2.24) is 9.97 Å². The summed E-state index contributed by atoms with van der Waals surface area (Å²) in [6.45, 7) is 4.04. The van der Waals surface area contributed by atoms with Crippen LogP contribution in [0.4, 0.5) is 23.0 Å². The first kappa shape index (κ1) is 13.4. The Morgan fingerprint density at radius 3 is 2.37 bits per heavy atom. The highest BCUT2D eigenvalue weighted by atomic mass is 35.5. The third-order valence-electron chi connectivity index (χ3n) is 2.42. The van der Waals surface area contributed by atoms with E-state index in [-0.39, 0.29) is 6.04 Å². The van der Waals surface area contributed by atoms with Gasteiger partial charge in [-0.1, -0.05) is 11.6 Å². The monoisotopic (exact) mass is 277 g/mol. The molecule has 0 aliphatic rings. The molecule has 0 saturated heterocycles. The molecule has 0 fully saturated rings. The normalized spacial score (nSPS) is 10.5. The summed E-state index contributed by atoms with van der Waals surface area (Å²) in [5, 5.41) is 6.99. The van der Waals surface area contributed by atoms with E-state index in [4.69, 9.17) is 17.3 Å². The first-order valence-corrected chi connectivity index (χ1v) is 6.33. The smallest absolute Gasteiger partial charge is 0.159 e. The molecule has 0 radical (unpaired) electrons. The minimum absolute atomic E-state index is 0.251. The molecule has 1 heterocycles. The largest absolute Gasteiger partial charge is 0.393 e. The molecule has 0 unspecified atom stereocenters. The van der Waals surface area contributed by atoms with Gasteiger partial charge in [0.15, 0.2) is 11.6 Å². The van der Waals surface area contributed by atoms with Crippen molar-refractivity contribution in [2.75, 3.05) is 16.4 Å². The number of halogens is 1. The van der Waals surface area contributed by atoms with Gasteiger partial charge in [0.25, 0.3) is 0 Å². The van der Waals surface area contributed by atoms with Gasteiger partial charge < -0.3 is 16.4 Å². The summed E-state index contributed by atoms with van der Waals surface area (Å²) < 4.78 is 0. The predicted octanol–water partition coefficient (Wildman–Crippen LogP) is 3.28. The van der Waals surface area contributed by atoms with Gasteiger partial charge in [0.2, 0.25) is 0 Å². The molecule has 19 heavy (non-hydrogen) atoms. The fourth-order valence-electron chi connectivity index (χ4n) is 1.55. The van der Waals surface area contributed by atoms with E-state index in [1.807, 2.05) is 26.0 Å². The Morgan fingerprint density at radius 2 is 1.74 bits per heavy atom. The number of nitrogen functional groups attached to an aromatic ring is 1. The van der Waals surface area contributed by atoms with Crippen LogP contribution < -0.4 is 16.4 Å². The maximum absolute atomic E-state index is 6.03. The zero-order valence-electron chi connectivity index (χ0n) is 10.8. The van der Waals surface area contributed by atoms with Crippen molar-refractivity contribution >= 4 is 34.6 Å². The van der Waals surface area contributed by atoms with Crippen LogP contribution in [-0.4, -0.2) is 16.0 Å². The number of nitrogens with zero attached hydrogens (tertiary/aromatic N) is 2. The highest BCUT2D eigenvalue weighted by molar-refractivity contribution is 6.30. The zero-order chi connectivity index (χ0) is 13.8. The Kier molecular flexibility index (Phi) is 4.06. The van der Waals surface area contributed by atoms with Crippen LogP contribution in [-0.2, 0) is 0 Å². The molecule has 2 aromatic rings. The summed E-state index contributed by atoms with van der Waals surface area (Å²) in [6.07, 6.45) is 1.47. The Hall–Kier alpha value is -2.01. The van der Waals surface area contributed by atoms with E-state index in [0.717, 1.165) is 5.69 Å². The van der Waals surface area contributed by atoms with Crippen LogP contribution in [0.1, 0.15) is 13.8 Å². The average molecular weight is 278 g/mol. The Balaban J connectivity index is 2.23. The molecule has 0 saturated carbocycles. The van der Waals surface area contributed by atoms with Crippen LogP contribution >= 0.6 is 11.6 Å². The number of anilines is 4. The molecule has 4 N–H and O–H groups in total. The van der Waals surface area contributed by atoms with Gasteiger partial charge in [-0.2, -0.15) is 0 Å². The molecule has 1 aromatic heterocycles. The second-order valence-electron chi connectivity index (χ2n) is 4.42. The van der Waals surface area contributed by atoms with E-state index < -0.39 is 0 Å². The third-order valence-corrected chi connectivity index (χ3v) is 2.67. The van der Waals surface area contributed by atoms with Gasteiger partial charge in [0, 0.05) is 16.8 Å². The van der Waals surface area contributed by atoms with Crippen molar-refractivity contribution in [1.29, 1.82) is 0 Å². The molecule has 6 heteroatoms. The third kappa shape index (κ3) is 3.48. The van der Waals surface area contributed by atoms with Crippen molar-refractivity contribution in [2.24, 2.45) is 0 Å². The van der Waals surface area contributed by atoms with E-state index in [2.05, 4.69) is 20.6 Å². The highest BCUT2D eigenvalue weighted by Gasteiger charge is 2.08. The number of hydrogen-bond acceptors (Lipinski definition) is 5. The standard InChI is InChI=1S/C13H16ClN5/c1-8(2)18-12-11(15)13(17-7-16-12)19-10-5-3-9(14)4-6-10/h3-8H,15H2,1-2H3,(H2,16,17,18,19). The zero-order valence-corrected chi connectivity index (χ0v) is 11.6. The minimum atomic E-state index is 0.251. The average Bonchev–Trinajstić information content (AvgIpc) is 2.36. The van der Waals surface area contributed by atoms with Crippen LogP contribution in [0.2, 0.25) is 5.02 Å². The van der Waals surface area contributed by atoms with Gasteiger partial charge >= 0.3 is 0 Å². The summed E-state index contributed by atoms with van der Waals surface area (Å²) in [7, 11) is 0. The maximum atomic E-state index is 6.03. The number of nitrogens with one attached hydrogen (secondary N) is 2. The fourth-order valence-corrected chi connectivity index (χ4v) is 1.68. The number of hydrogen-bond donors (Lipinski definition) is 3. The number of rotatable bonds is 4. The molecule has 5 nitrogen and oxygen atoms in total. The summed E-state index contributed by atoms with van der Waals surface area (Å²) in [5.41, 5.74) is 7.39. The lowest BCUT2D eigenvalue weighted by atomic mass is 10.3. The lowest BCUT2D eigenvalue weighted by Crippen LogP contribution is -2.14. The molecule has 0 bridgehead atoms. The summed E-state index contributed by atoms with van der Waals surface area (Å²) in [6, 6.07) is 7.57. The quantitative estimate of drug-likeness (QED) is 0.800. The van der Waals surface area contributed by atoms with Gasteiger partial charge in [0.1, 0.15) is 12.0 Å². The van der Waals surface area contributed by atoms with Gasteiger partial charge in [-0.15, -0.1) is 0 Å². The minimum Gasteiger partial charge on any atom is -0.393 e. The first-order chi connectivity index (χ1) is 9.06. The molecule has 0 spiro atoms. The first-order valence-electron chi connectivity index (χ1n) is 5.96. The summed E-state index contributed by atoms with van der Waals surface area (Å²) >= 11 is 5.84. The van der Waals surface area contributed by atoms with Crippen LogP contribution in [0.5, 0.6) is 0 Å². The molecule has 0 atom stereocenters. The lowest BCUT2D eigenvalue weighted by molar-refractivity contribution is 0.887. The second-order valence-corrected chi connectivity index (χ2v) is 4.85. The van der Waals surface area contributed by atoms with Crippen molar-refractivity contribution < 1.29 is 0 Å². The van der Waals surface area contributed by atoms with Crippen molar-refractivity contribution in [3.8, 4) is 0 Å². The van der Waals surface area contributed by atoms with Crippen LogP contribution in [0.25, 0.3) is 0 Å². The molecule has 0 amide bonds. The Labute approximate surface area is 117 Å². The van der Waals surface area contributed by atoms with Crippen LogP contribution in [0, 0.1) is 0 Å². The van der Waals surface area contributed by atoms with E-state index in [1.165, 1.54) is 6.33 Å². The van der Waals surface area contributed by atoms with E-state index in [0.29, 0.717) is 22.3 Å². The Morgan fingerprint density at radius 1 is 1.11 bits per heavy atom. The Bertz CT molecular complexity index is 553. The lowest BCUT2D eigenvalue weighted by Gasteiger charge is -2.14. The number of nitrogens with two attached hydrogens (primary N) is 1. The number of aromatic nitrogens is 2.